The molecule has 0 aliphatic rings. The average Bonchev–Trinajstić information content (AvgIpc) is 1.29. The van der Waals surface area contributed by atoms with Crippen molar-refractivity contribution >= 4 is 39.5 Å². The molecule has 600 valence electrons. The highest BCUT2D eigenvalue weighted by Gasteiger charge is 2.30. The van der Waals surface area contributed by atoms with Crippen molar-refractivity contribution in [1.82, 2.24) is 0 Å². The molecule has 0 aromatic carbocycles. The summed E-state index contributed by atoms with van der Waals surface area (Å²) in [5, 5.41) is 10.6. The summed E-state index contributed by atoms with van der Waals surface area (Å²) in [6.45, 7) is 4.99. The van der Waals surface area contributed by atoms with Crippen molar-refractivity contribution in [2.75, 3.05) is 39.6 Å². The van der Waals surface area contributed by atoms with Crippen molar-refractivity contribution in [3.63, 3.8) is 0 Å². The molecule has 0 aromatic rings. The highest BCUT2D eigenvalue weighted by Crippen LogP contribution is 2.45. The number of aliphatic hydroxyl groups excluding tert-OH is 1. The minimum Gasteiger partial charge on any atom is -0.462 e. The van der Waals surface area contributed by atoms with E-state index in [9.17, 15) is 43.2 Å². The number of phosphoric acid groups is 2. The van der Waals surface area contributed by atoms with Gasteiger partial charge in [0.05, 0.1) is 26.4 Å². The number of rotatable bonds is 83. The first-order valence-electron chi connectivity index (χ1n) is 42.8. The van der Waals surface area contributed by atoms with Gasteiger partial charge in [0.15, 0.2) is 12.2 Å². The second-order valence-corrected chi connectivity index (χ2v) is 32.4. The largest absolute Gasteiger partial charge is 0.472 e. The predicted molar refractivity (Wildman–Crippen MR) is 414 cm³/mol. The van der Waals surface area contributed by atoms with Gasteiger partial charge in [0.25, 0.3) is 0 Å². The van der Waals surface area contributed by atoms with E-state index in [-0.39, 0.29) is 25.7 Å². The number of carbonyl (C=O) groups is 4. The van der Waals surface area contributed by atoms with Crippen LogP contribution in [0.4, 0.5) is 0 Å². The Morgan fingerprint density at radius 2 is 0.396 bits per heavy atom. The quantitative estimate of drug-likeness (QED) is 0.0222. The van der Waals surface area contributed by atoms with Gasteiger partial charge in [0, 0.05) is 25.7 Å². The molecular weight excluding hydrogens is 1320 g/mol. The second kappa shape index (κ2) is 76.3. The van der Waals surface area contributed by atoms with Crippen LogP contribution in [-0.4, -0.2) is 96.7 Å². The van der Waals surface area contributed by atoms with Crippen molar-refractivity contribution < 1.29 is 80.2 Å². The summed E-state index contributed by atoms with van der Waals surface area (Å²) in [5.41, 5.74) is 0. The summed E-state index contributed by atoms with van der Waals surface area (Å²) in [6.07, 6.45) is 69.7. The fourth-order valence-corrected chi connectivity index (χ4v) is 14.4. The maximum Gasteiger partial charge on any atom is 0.472 e. The Bertz CT molecular complexity index is 1910. The molecule has 0 amide bonds. The van der Waals surface area contributed by atoms with Gasteiger partial charge in [0.1, 0.15) is 19.3 Å². The molecule has 0 spiro atoms. The van der Waals surface area contributed by atoms with E-state index in [1.807, 2.05) is 0 Å². The molecule has 0 fully saturated rings. The van der Waals surface area contributed by atoms with Crippen LogP contribution in [0.3, 0.4) is 0 Å². The molecule has 0 heterocycles. The highest BCUT2D eigenvalue weighted by molar-refractivity contribution is 7.47. The van der Waals surface area contributed by atoms with Crippen molar-refractivity contribution in [2.24, 2.45) is 0 Å². The van der Waals surface area contributed by atoms with Gasteiger partial charge in [-0.1, -0.05) is 394 Å². The number of ether oxygens (including phenoxy) is 4. The minimum absolute atomic E-state index is 0.107. The van der Waals surface area contributed by atoms with E-state index in [0.717, 1.165) is 89.9 Å². The molecule has 0 aromatic heterocycles. The van der Waals surface area contributed by atoms with Gasteiger partial charge in [-0.2, -0.15) is 0 Å². The zero-order chi connectivity index (χ0) is 73.9. The summed E-state index contributed by atoms with van der Waals surface area (Å²) in [5.74, 6) is -2.11. The number of carbonyl (C=O) groups excluding carboxylic acids is 4. The molecule has 3 N–H and O–H groups in total. The molecule has 5 atom stereocenters. The van der Waals surface area contributed by atoms with Gasteiger partial charge in [-0.3, -0.25) is 37.3 Å². The molecule has 0 saturated heterocycles. The van der Waals surface area contributed by atoms with Crippen LogP contribution in [0.1, 0.15) is 445 Å². The number of aliphatic hydroxyl groups is 1. The Balaban J connectivity index is 5.15. The maximum atomic E-state index is 13.1. The third-order valence-corrected chi connectivity index (χ3v) is 21.3. The van der Waals surface area contributed by atoms with Gasteiger partial charge in [-0.25, -0.2) is 9.13 Å². The van der Waals surface area contributed by atoms with Crippen LogP contribution >= 0.6 is 15.6 Å². The topological polar surface area (TPSA) is 237 Å². The van der Waals surface area contributed by atoms with Gasteiger partial charge < -0.3 is 33.8 Å². The molecule has 0 saturated carbocycles. The predicted octanol–water partition coefficient (Wildman–Crippen LogP) is 25.0. The van der Waals surface area contributed by atoms with E-state index >= 15 is 0 Å². The highest BCUT2D eigenvalue weighted by atomic mass is 31.2. The zero-order valence-corrected chi connectivity index (χ0v) is 67.7. The molecule has 0 radical (unpaired) electrons. The van der Waals surface area contributed by atoms with Crippen molar-refractivity contribution in [2.45, 2.75) is 463 Å². The summed E-state index contributed by atoms with van der Waals surface area (Å²) in [7, 11) is -9.91. The molecule has 0 rings (SSSR count). The number of hydrogen-bond donors (Lipinski definition) is 3. The van der Waals surface area contributed by atoms with Crippen LogP contribution < -0.4 is 0 Å². The van der Waals surface area contributed by atoms with Gasteiger partial charge >= 0.3 is 39.5 Å². The van der Waals surface area contributed by atoms with Crippen molar-refractivity contribution in [3.8, 4) is 0 Å². The van der Waals surface area contributed by atoms with Crippen LogP contribution in [-0.2, 0) is 65.4 Å². The van der Waals surface area contributed by atoms with E-state index < -0.39 is 97.5 Å². The summed E-state index contributed by atoms with van der Waals surface area (Å²) < 4.78 is 68.6. The smallest absolute Gasteiger partial charge is 0.462 e. The van der Waals surface area contributed by atoms with Crippen molar-refractivity contribution in [3.05, 3.63) is 0 Å². The summed E-state index contributed by atoms with van der Waals surface area (Å²) in [6, 6.07) is 0. The molecule has 0 aliphatic carbocycles. The van der Waals surface area contributed by atoms with E-state index in [0.29, 0.717) is 25.7 Å². The Hall–Kier alpha value is -1.94. The average molecular weight is 1480 g/mol. The number of hydrogen-bond acceptors (Lipinski definition) is 15. The van der Waals surface area contributed by atoms with E-state index in [1.165, 1.54) is 276 Å². The Morgan fingerprint density at radius 3 is 0.584 bits per heavy atom. The molecule has 0 aliphatic heterocycles. The number of phosphoric ester groups is 2. The van der Waals surface area contributed by atoms with Crippen LogP contribution in [0.5, 0.6) is 0 Å². The monoisotopic (exact) mass is 1480 g/mol. The van der Waals surface area contributed by atoms with Crippen molar-refractivity contribution in [1.29, 1.82) is 0 Å². The first-order valence-corrected chi connectivity index (χ1v) is 45.8. The Kier molecular flexibility index (Phi) is 74.8. The lowest BCUT2D eigenvalue weighted by molar-refractivity contribution is -0.161. The maximum absolute atomic E-state index is 13.1. The SMILES string of the molecule is CCCCCCCCCCCCCCCCCCCCCCCCC(=O)O[C@H](COC(=O)CCCCCCCCCCCCCCCCCCCCCC)COP(=O)(O)OC[C@@H](O)COP(=O)(O)OC[C@@H](COC(=O)CCCCCCCCCC)OC(=O)CCCCCCCCCCCCC. The molecular formula is C82H160O17P2. The van der Waals surface area contributed by atoms with Gasteiger partial charge in [-0.15, -0.1) is 0 Å². The molecule has 2 unspecified atom stereocenters. The van der Waals surface area contributed by atoms with Gasteiger partial charge in [-0.05, 0) is 25.7 Å². The summed E-state index contributed by atoms with van der Waals surface area (Å²) in [4.78, 5) is 72.9. The lowest BCUT2D eigenvalue weighted by Gasteiger charge is -2.21. The minimum atomic E-state index is -4.96. The standard InChI is InChI=1S/C82H160O17P2/c1-5-9-13-17-21-25-28-30-32-34-36-38-39-41-43-45-47-50-53-57-61-65-69-82(87)99-78(73-93-80(85)67-63-59-55-51-49-46-44-42-40-37-35-33-31-29-26-22-18-14-10-6-2)75-97-101(90,91)95-71-76(83)70-94-100(88,89)96-74-77(72-92-79(84)66-62-58-54-24-20-16-12-8-4)98-81(86)68-64-60-56-52-48-27-23-19-15-11-7-3/h76-78,83H,5-75H2,1-4H3,(H,88,89)(H,90,91)/t76-,77+,78+/m0/s1. The fraction of sp³-hybridized carbons (Fsp3) is 0.951. The van der Waals surface area contributed by atoms with Crippen LogP contribution in [0, 0.1) is 0 Å². The van der Waals surface area contributed by atoms with Crippen LogP contribution in [0.2, 0.25) is 0 Å². The molecule has 19 heteroatoms. The van der Waals surface area contributed by atoms with E-state index in [4.69, 9.17) is 37.0 Å². The first kappa shape index (κ1) is 99.1. The third kappa shape index (κ3) is 76.1. The fourth-order valence-electron chi connectivity index (χ4n) is 12.8. The summed E-state index contributed by atoms with van der Waals surface area (Å²) >= 11 is 0. The number of unbranched alkanes of at least 4 members (excludes halogenated alkanes) is 57. The van der Waals surface area contributed by atoms with E-state index in [2.05, 4.69) is 27.7 Å². The van der Waals surface area contributed by atoms with E-state index in [1.54, 1.807) is 0 Å². The molecule has 101 heavy (non-hydrogen) atoms. The molecule has 17 nitrogen and oxygen atoms in total. The molecule has 0 bridgehead atoms. The van der Waals surface area contributed by atoms with Gasteiger partial charge in [0.2, 0.25) is 0 Å². The third-order valence-electron chi connectivity index (χ3n) is 19.4. The Morgan fingerprint density at radius 1 is 0.238 bits per heavy atom. The Labute approximate surface area is 619 Å². The second-order valence-electron chi connectivity index (χ2n) is 29.5. The lowest BCUT2D eigenvalue weighted by Crippen LogP contribution is -2.30. The normalized spacial score (nSPS) is 13.8. The van der Waals surface area contributed by atoms with Crippen LogP contribution in [0.15, 0.2) is 0 Å². The zero-order valence-electron chi connectivity index (χ0n) is 65.9. The first-order chi connectivity index (χ1) is 49.2. The van der Waals surface area contributed by atoms with Crippen LogP contribution in [0.25, 0.3) is 0 Å². The number of esters is 4. The lowest BCUT2D eigenvalue weighted by atomic mass is 10.0.